The molecule has 1 unspecified atom stereocenters. The Kier molecular flexibility index (Phi) is 8.78. The maximum Gasteiger partial charge on any atom is 0.330 e. The molecule has 0 spiro atoms. The molecular weight excluding hydrogens is 527 g/mol. The second-order valence-corrected chi connectivity index (χ2v) is 10.1. The molecule has 1 aromatic heterocycles. The third-order valence-electron chi connectivity index (χ3n) is 7.13. The van der Waals surface area contributed by atoms with Crippen LogP contribution in [0.5, 0.6) is 0 Å². The summed E-state index contributed by atoms with van der Waals surface area (Å²) in [4.78, 5) is 11.8. The highest BCUT2D eigenvalue weighted by Gasteiger charge is 2.21. The standard InChI is InChI=1S/C33H32ClFN2O3/c1-3-25(26-9-5-6-10-28(26)34)33(27-15-12-22(19-29(27)35)13-17-32(38)39-4-2)23-14-16-30-24(20-23)21-36-37(30)31-11-7-8-18-40-31/h5-6,9-10,12-17,19-21,31H,3-4,7-8,11,18H2,1-2H3/b17-13+,33-25-. The van der Waals surface area contributed by atoms with Gasteiger partial charge in [0.25, 0.3) is 0 Å². The fourth-order valence-corrected chi connectivity index (χ4v) is 5.50. The Labute approximate surface area is 238 Å². The van der Waals surface area contributed by atoms with E-state index in [0.29, 0.717) is 22.6 Å². The summed E-state index contributed by atoms with van der Waals surface area (Å²) in [5.41, 5.74) is 5.41. The molecule has 206 valence electrons. The molecule has 0 N–H and O–H groups in total. The van der Waals surface area contributed by atoms with E-state index in [-0.39, 0.29) is 12.8 Å². The minimum atomic E-state index is -0.466. The maximum absolute atomic E-state index is 15.9. The van der Waals surface area contributed by atoms with Gasteiger partial charge >= 0.3 is 5.97 Å². The monoisotopic (exact) mass is 558 g/mol. The van der Waals surface area contributed by atoms with Crippen LogP contribution in [-0.2, 0) is 14.3 Å². The quantitative estimate of drug-likeness (QED) is 0.124. The summed E-state index contributed by atoms with van der Waals surface area (Å²) in [6.45, 7) is 4.80. The molecular formula is C33H32ClFN2O3. The summed E-state index contributed by atoms with van der Waals surface area (Å²) in [5.74, 6) is -0.863. The Morgan fingerprint density at radius 2 is 1.98 bits per heavy atom. The van der Waals surface area contributed by atoms with Crippen molar-refractivity contribution < 1.29 is 18.7 Å². The molecule has 7 heteroatoms. The number of carbonyl (C=O) groups excluding carboxylic acids is 1. The van der Waals surface area contributed by atoms with E-state index in [1.165, 1.54) is 12.1 Å². The molecule has 0 bridgehead atoms. The van der Waals surface area contributed by atoms with Crippen LogP contribution in [-0.4, -0.2) is 29.0 Å². The molecule has 0 radical (unpaired) electrons. The van der Waals surface area contributed by atoms with Gasteiger partial charge in [-0.1, -0.05) is 54.9 Å². The lowest BCUT2D eigenvalue weighted by Gasteiger charge is -2.23. The van der Waals surface area contributed by atoms with Gasteiger partial charge in [0.2, 0.25) is 0 Å². The third-order valence-corrected chi connectivity index (χ3v) is 7.46. The number of hydrogen-bond donors (Lipinski definition) is 0. The predicted octanol–water partition coefficient (Wildman–Crippen LogP) is 8.47. The van der Waals surface area contributed by atoms with Crippen molar-refractivity contribution in [1.29, 1.82) is 0 Å². The lowest BCUT2D eigenvalue weighted by atomic mass is 9.87. The van der Waals surface area contributed by atoms with Crippen molar-refractivity contribution in [3.63, 3.8) is 0 Å². The number of carbonyl (C=O) groups is 1. The number of aromatic nitrogens is 2. The summed E-state index contributed by atoms with van der Waals surface area (Å²) in [5, 5.41) is 6.20. The molecule has 1 atom stereocenters. The average molecular weight is 559 g/mol. The minimum absolute atomic E-state index is 0.0749. The first-order chi connectivity index (χ1) is 19.5. The molecule has 4 aromatic rings. The van der Waals surface area contributed by atoms with Crippen molar-refractivity contribution in [2.24, 2.45) is 0 Å². The van der Waals surface area contributed by atoms with Crippen LogP contribution in [0.3, 0.4) is 0 Å². The van der Waals surface area contributed by atoms with E-state index in [0.717, 1.165) is 59.0 Å². The fourth-order valence-electron chi connectivity index (χ4n) is 5.25. The van der Waals surface area contributed by atoms with Crippen LogP contribution in [0.4, 0.5) is 4.39 Å². The lowest BCUT2D eigenvalue weighted by molar-refractivity contribution is -0.137. The van der Waals surface area contributed by atoms with Gasteiger partial charge in [-0.3, -0.25) is 0 Å². The number of benzene rings is 3. The summed E-state index contributed by atoms with van der Waals surface area (Å²) in [6, 6.07) is 18.7. The maximum atomic E-state index is 15.9. The van der Waals surface area contributed by atoms with Gasteiger partial charge in [-0.2, -0.15) is 5.10 Å². The third kappa shape index (κ3) is 5.88. The number of nitrogens with zero attached hydrogens (tertiary/aromatic N) is 2. The van der Waals surface area contributed by atoms with E-state index in [2.05, 4.69) is 11.2 Å². The number of allylic oxidation sites excluding steroid dienone is 1. The first-order valence-electron chi connectivity index (χ1n) is 13.7. The molecule has 0 saturated carbocycles. The van der Waals surface area contributed by atoms with E-state index >= 15 is 4.39 Å². The van der Waals surface area contributed by atoms with E-state index in [9.17, 15) is 4.79 Å². The van der Waals surface area contributed by atoms with E-state index in [4.69, 9.17) is 21.1 Å². The molecule has 0 amide bonds. The summed E-state index contributed by atoms with van der Waals surface area (Å²) in [7, 11) is 0. The van der Waals surface area contributed by atoms with Crippen LogP contribution in [0, 0.1) is 5.82 Å². The number of rotatable bonds is 8. The van der Waals surface area contributed by atoms with Crippen molar-refractivity contribution in [3.05, 3.63) is 106 Å². The fraction of sp³-hybridized carbons (Fsp3) is 0.273. The van der Waals surface area contributed by atoms with E-state index < -0.39 is 11.8 Å². The summed E-state index contributed by atoms with van der Waals surface area (Å²) >= 11 is 6.65. The molecule has 1 saturated heterocycles. The predicted molar refractivity (Wildman–Crippen MR) is 158 cm³/mol. The normalized spacial score (nSPS) is 16.4. The number of ether oxygens (including phenoxy) is 2. The summed E-state index contributed by atoms with van der Waals surface area (Å²) < 4.78 is 28.7. The second kappa shape index (κ2) is 12.6. The first-order valence-corrected chi connectivity index (χ1v) is 14.1. The molecule has 1 aliphatic rings. The largest absolute Gasteiger partial charge is 0.463 e. The van der Waals surface area contributed by atoms with Crippen LogP contribution in [0.15, 0.2) is 72.9 Å². The molecule has 1 fully saturated rings. The van der Waals surface area contributed by atoms with Crippen LogP contribution in [0.2, 0.25) is 5.02 Å². The lowest BCUT2D eigenvalue weighted by Crippen LogP contribution is -2.18. The zero-order chi connectivity index (χ0) is 28.1. The number of fused-ring (bicyclic) bond motifs is 1. The van der Waals surface area contributed by atoms with Crippen molar-refractivity contribution in [2.75, 3.05) is 13.2 Å². The molecule has 5 rings (SSSR count). The molecule has 40 heavy (non-hydrogen) atoms. The topological polar surface area (TPSA) is 53.3 Å². The van der Waals surface area contributed by atoms with Gasteiger partial charge in [-0.15, -0.1) is 0 Å². The van der Waals surface area contributed by atoms with Crippen molar-refractivity contribution in [3.8, 4) is 0 Å². The van der Waals surface area contributed by atoms with Crippen molar-refractivity contribution >= 4 is 45.7 Å². The Morgan fingerprint density at radius 1 is 1.12 bits per heavy atom. The molecule has 3 aromatic carbocycles. The molecule has 2 heterocycles. The van der Waals surface area contributed by atoms with Crippen molar-refractivity contribution in [2.45, 2.75) is 45.8 Å². The van der Waals surface area contributed by atoms with Crippen LogP contribution in [0.25, 0.3) is 28.1 Å². The Balaban J connectivity index is 1.64. The second-order valence-electron chi connectivity index (χ2n) is 9.70. The number of hydrogen-bond acceptors (Lipinski definition) is 4. The Bertz CT molecular complexity index is 1580. The number of halogens is 2. The molecule has 1 aliphatic heterocycles. The average Bonchev–Trinajstić information content (AvgIpc) is 3.40. The highest BCUT2D eigenvalue weighted by molar-refractivity contribution is 6.32. The zero-order valence-electron chi connectivity index (χ0n) is 22.7. The summed E-state index contributed by atoms with van der Waals surface area (Å²) in [6.07, 6.45) is 8.37. The van der Waals surface area contributed by atoms with Gasteiger partial charge in [0.1, 0.15) is 5.82 Å². The smallest absolute Gasteiger partial charge is 0.330 e. The SMILES string of the molecule is CCOC(=O)/C=C/c1ccc(/C(=C(/CC)c2ccccc2Cl)c2ccc3c(cnn3C3CCCCO3)c2)c(F)c1. The van der Waals surface area contributed by atoms with E-state index in [1.807, 2.05) is 54.2 Å². The van der Waals surface area contributed by atoms with Gasteiger partial charge in [0.05, 0.1) is 18.3 Å². The van der Waals surface area contributed by atoms with Crippen LogP contribution < -0.4 is 0 Å². The highest BCUT2D eigenvalue weighted by Crippen LogP contribution is 2.39. The Hall–Kier alpha value is -3.74. The first kappa shape index (κ1) is 27.8. The van der Waals surface area contributed by atoms with Gasteiger partial charge in [-0.25, -0.2) is 13.9 Å². The molecule has 0 aliphatic carbocycles. The minimum Gasteiger partial charge on any atom is -0.463 e. The van der Waals surface area contributed by atoms with Crippen LogP contribution >= 0.6 is 11.6 Å². The zero-order valence-corrected chi connectivity index (χ0v) is 23.5. The van der Waals surface area contributed by atoms with Gasteiger partial charge in [-0.05, 0) is 90.8 Å². The van der Waals surface area contributed by atoms with E-state index in [1.54, 1.807) is 25.1 Å². The van der Waals surface area contributed by atoms with Crippen molar-refractivity contribution in [1.82, 2.24) is 9.78 Å². The van der Waals surface area contributed by atoms with Gasteiger partial charge < -0.3 is 9.47 Å². The molecule has 5 nitrogen and oxygen atoms in total. The van der Waals surface area contributed by atoms with Crippen LogP contribution in [0.1, 0.15) is 68.0 Å². The van der Waals surface area contributed by atoms with Gasteiger partial charge in [0.15, 0.2) is 6.23 Å². The Morgan fingerprint density at radius 3 is 2.70 bits per heavy atom. The highest BCUT2D eigenvalue weighted by atomic mass is 35.5. The number of esters is 1. The van der Waals surface area contributed by atoms with Gasteiger partial charge in [0, 0.05) is 28.7 Å².